The van der Waals surface area contributed by atoms with Crippen LogP contribution in [0.2, 0.25) is 0 Å². The molecule has 0 heterocycles. The van der Waals surface area contributed by atoms with Crippen molar-refractivity contribution in [3.8, 4) is 0 Å². The van der Waals surface area contributed by atoms with Gasteiger partial charge in [0, 0.05) is 19.1 Å². The van der Waals surface area contributed by atoms with Gasteiger partial charge >= 0.3 is 5.97 Å². The molecule has 0 aliphatic carbocycles. The largest absolute Gasteiger partial charge is 0.481 e. The molecule has 0 aliphatic rings. The van der Waals surface area contributed by atoms with Crippen molar-refractivity contribution in [1.82, 2.24) is 4.90 Å². The Morgan fingerprint density at radius 2 is 1.93 bits per heavy atom. The molecule has 14 heavy (non-hydrogen) atoms. The maximum absolute atomic E-state index is 10.5. The van der Waals surface area contributed by atoms with E-state index in [2.05, 4.69) is 32.6 Å². The van der Waals surface area contributed by atoms with Crippen LogP contribution in [0.15, 0.2) is 0 Å². The fraction of sp³-hybridized carbons (Fsp3) is 0.909. The van der Waals surface area contributed by atoms with E-state index in [-0.39, 0.29) is 6.42 Å². The second-order valence-corrected chi connectivity index (χ2v) is 4.25. The van der Waals surface area contributed by atoms with Gasteiger partial charge in [-0.1, -0.05) is 20.3 Å². The van der Waals surface area contributed by atoms with Gasteiger partial charge in [-0.3, -0.25) is 4.79 Å². The van der Waals surface area contributed by atoms with E-state index >= 15 is 0 Å². The Morgan fingerprint density at radius 1 is 1.36 bits per heavy atom. The highest BCUT2D eigenvalue weighted by molar-refractivity contribution is 5.66. The molecule has 0 aromatic rings. The Balaban J connectivity index is 3.95. The van der Waals surface area contributed by atoms with Crippen molar-refractivity contribution in [2.75, 3.05) is 13.1 Å². The molecule has 0 fully saturated rings. The summed E-state index contributed by atoms with van der Waals surface area (Å²) in [6, 6.07) is 0.434. The third-order valence-corrected chi connectivity index (χ3v) is 2.59. The van der Waals surface area contributed by atoms with Crippen molar-refractivity contribution < 1.29 is 9.90 Å². The summed E-state index contributed by atoms with van der Waals surface area (Å²) in [4.78, 5) is 12.7. The first kappa shape index (κ1) is 13.4. The van der Waals surface area contributed by atoms with Crippen LogP contribution < -0.4 is 0 Å². The predicted molar refractivity (Wildman–Crippen MR) is 58.4 cm³/mol. The van der Waals surface area contributed by atoms with E-state index in [1.54, 1.807) is 0 Å². The second kappa shape index (κ2) is 6.82. The average molecular weight is 201 g/mol. The van der Waals surface area contributed by atoms with E-state index < -0.39 is 5.97 Å². The molecule has 1 atom stereocenters. The lowest BCUT2D eigenvalue weighted by Crippen LogP contribution is -2.36. The van der Waals surface area contributed by atoms with Gasteiger partial charge in [-0.25, -0.2) is 0 Å². The van der Waals surface area contributed by atoms with E-state index in [1.807, 2.05) is 0 Å². The van der Waals surface area contributed by atoms with Gasteiger partial charge in [0.05, 0.1) is 6.42 Å². The number of aliphatic carboxylic acids is 1. The number of carboxylic acid groups (broad SMARTS) is 1. The smallest absolute Gasteiger partial charge is 0.304 e. The van der Waals surface area contributed by atoms with Crippen molar-refractivity contribution in [2.24, 2.45) is 5.92 Å². The lowest BCUT2D eigenvalue weighted by Gasteiger charge is -2.28. The number of carbonyl (C=O) groups is 1. The van der Waals surface area contributed by atoms with Crippen LogP contribution in [-0.2, 0) is 4.79 Å². The lowest BCUT2D eigenvalue weighted by atomic mass is 10.1. The zero-order valence-corrected chi connectivity index (χ0v) is 9.79. The molecule has 0 radical (unpaired) electrons. The molecule has 0 amide bonds. The van der Waals surface area contributed by atoms with Crippen LogP contribution in [0.25, 0.3) is 0 Å². The highest BCUT2D eigenvalue weighted by atomic mass is 16.4. The minimum absolute atomic E-state index is 0.245. The number of carboxylic acids is 1. The Morgan fingerprint density at radius 3 is 2.29 bits per heavy atom. The first-order chi connectivity index (χ1) is 6.47. The summed E-state index contributed by atoms with van der Waals surface area (Å²) >= 11 is 0. The number of hydrogen-bond acceptors (Lipinski definition) is 2. The standard InChI is InChI=1S/C11H23NO2/c1-5-10(4)8-12(9(2)3)7-6-11(13)14/h9-10H,5-8H2,1-4H3,(H,13,14). The van der Waals surface area contributed by atoms with Crippen LogP contribution in [0.5, 0.6) is 0 Å². The van der Waals surface area contributed by atoms with Crippen molar-refractivity contribution >= 4 is 5.97 Å². The van der Waals surface area contributed by atoms with Crippen LogP contribution in [0.4, 0.5) is 0 Å². The molecule has 0 saturated carbocycles. The van der Waals surface area contributed by atoms with Crippen molar-refractivity contribution in [3.05, 3.63) is 0 Å². The molecule has 0 saturated heterocycles. The van der Waals surface area contributed by atoms with Crippen LogP contribution in [0.1, 0.15) is 40.5 Å². The van der Waals surface area contributed by atoms with Crippen molar-refractivity contribution in [1.29, 1.82) is 0 Å². The molecule has 3 heteroatoms. The van der Waals surface area contributed by atoms with Gasteiger partial charge in [0.15, 0.2) is 0 Å². The average Bonchev–Trinajstić information content (AvgIpc) is 2.10. The molecular weight excluding hydrogens is 178 g/mol. The summed E-state index contributed by atoms with van der Waals surface area (Å²) in [6.45, 7) is 10.3. The zero-order valence-electron chi connectivity index (χ0n) is 9.79. The molecule has 84 valence electrons. The molecule has 0 aromatic heterocycles. The Bertz CT molecular complexity index is 169. The van der Waals surface area contributed by atoms with E-state index in [1.165, 1.54) is 0 Å². The first-order valence-corrected chi connectivity index (χ1v) is 5.43. The Hall–Kier alpha value is -0.570. The van der Waals surface area contributed by atoms with Gasteiger partial charge < -0.3 is 10.0 Å². The zero-order chi connectivity index (χ0) is 11.1. The summed E-state index contributed by atoms with van der Waals surface area (Å²) in [7, 11) is 0. The summed E-state index contributed by atoms with van der Waals surface area (Å²) in [5.74, 6) is -0.0639. The van der Waals surface area contributed by atoms with E-state index in [4.69, 9.17) is 5.11 Å². The highest BCUT2D eigenvalue weighted by Gasteiger charge is 2.13. The van der Waals surface area contributed by atoms with Gasteiger partial charge in [0.25, 0.3) is 0 Å². The Kier molecular flexibility index (Phi) is 6.54. The normalized spacial score (nSPS) is 13.6. The van der Waals surface area contributed by atoms with Crippen LogP contribution in [0.3, 0.4) is 0 Å². The molecule has 3 nitrogen and oxygen atoms in total. The molecule has 0 bridgehead atoms. The van der Waals surface area contributed by atoms with Crippen molar-refractivity contribution in [2.45, 2.75) is 46.6 Å². The molecule has 0 rings (SSSR count). The van der Waals surface area contributed by atoms with Gasteiger partial charge in [-0.2, -0.15) is 0 Å². The quantitative estimate of drug-likeness (QED) is 0.686. The topological polar surface area (TPSA) is 40.5 Å². The van der Waals surface area contributed by atoms with Crippen LogP contribution in [0, 0.1) is 5.92 Å². The van der Waals surface area contributed by atoms with Gasteiger partial charge in [0.1, 0.15) is 0 Å². The van der Waals surface area contributed by atoms with Gasteiger partial charge in [-0.05, 0) is 19.8 Å². The van der Waals surface area contributed by atoms with Gasteiger partial charge in [-0.15, -0.1) is 0 Å². The van der Waals surface area contributed by atoms with Gasteiger partial charge in [0.2, 0.25) is 0 Å². The van der Waals surface area contributed by atoms with Crippen molar-refractivity contribution in [3.63, 3.8) is 0 Å². The fourth-order valence-electron chi connectivity index (χ4n) is 1.33. The van der Waals surface area contributed by atoms with E-state index in [9.17, 15) is 4.79 Å². The minimum Gasteiger partial charge on any atom is -0.481 e. The summed E-state index contributed by atoms with van der Waals surface area (Å²) in [5, 5.41) is 8.61. The second-order valence-electron chi connectivity index (χ2n) is 4.25. The maximum atomic E-state index is 10.5. The Labute approximate surface area is 87.1 Å². The summed E-state index contributed by atoms with van der Waals surface area (Å²) in [6.07, 6.45) is 1.39. The first-order valence-electron chi connectivity index (χ1n) is 5.43. The molecule has 1 unspecified atom stereocenters. The maximum Gasteiger partial charge on any atom is 0.304 e. The van der Waals surface area contributed by atoms with Crippen LogP contribution in [-0.4, -0.2) is 35.1 Å². The molecule has 1 N–H and O–H groups in total. The fourth-order valence-corrected chi connectivity index (χ4v) is 1.33. The van der Waals surface area contributed by atoms with Crippen LogP contribution >= 0.6 is 0 Å². The molecule has 0 aromatic carbocycles. The minimum atomic E-state index is -0.709. The summed E-state index contributed by atoms with van der Waals surface area (Å²) in [5.41, 5.74) is 0. The number of rotatable bonds is 7. The summed E-state index contributed by atoms with van der Waals surface area (Å²) < 4.78 is 0. The SMILES string of the molecule is CCC(C)CN(CCC(=O)O)C(C)C. The highest BCUT2D eigenvalue weighted by Crippen LogP contribution is 2.08. The monoisotopic (exact) mass is 201 g/mol. The molecule has 0 aliphatic heterocycles. The number of nitrogens with zero attached hydrogens (tertiary/aromatic N) is 1. The lowest BCUT2D eigenvalue weighted by molar-refractivity contribution is -0.137. The number of hydrogen-bond donors (Lipinski definition) is 1. The molecule has 0 spiro atoms. The third kappa shape index (κ3) is 5.97. The third-order valence-electron chi connectivity index (χ3n) is 2.59. The van der Waals surface area contributed by atoms with E-state index in [0.717, 1.165) is 13.0 Å². The van der Waals surface area contributed by atoms with E-state index in [0.29, 0.717) is 18.5 Å². The molecular formula is C11H23NO2. The predicted octanol–water partition coefficient (Wildman–Crippen LogP) is 2.22.